The summed E-state index contributed by atoms with van der Waals surface area (Å²) < 4.78 is 19.0. The Balaban J connectivity index is 1.62. The molecule has 5 heteroatoms. The molecule has 23 heavy (non-hydrogen) atoms. The lowest BCUT2D eigenvalue weighted by Crippen LogP contribution is -2.50. The molecule has 0 atom stereocenters. The van der Waals surface area contributed by atoms with E-state index in [1.54, 1.807) is 6.07 Å². The Morgan fingerprint density at radius 1 is 1.26 bits per heavy atom. The van der Waals surface area contributed by atoms with Gasteiger partial charge in [-0.2, -0.15) is 0 Å². The first-order valence-electron chi connectivity index (χ1n) is 8.31. The number of likely N-dealkylation sites (tertiary alicyclic amines) is 2. The van der Waals surface area contributed by atoms with Crippen LogP contribution in [0.3, 0.4) is 0 Å². The molecule has 0 N–H and O–H groups in total. The number of rotatable bonds is 3. The largest absolute Gasteiger partial charge is 0.493 e. The molecule has 126 valence electrons. The topological polar surface area (TPSA) is 32.8 Å². The quantitative estimate of drug-likeness (QED) is 0.858. The van der Waals surface area contributed by atoms with E-state index in [9.17, 15) is 9.18 Å². The highest BCUT2D eigenvalue weighted by atomic mass is 19.1. The maximum Gasteiger partial charge on any atom is 0.222 e. The number of nitrogens with zero attached hydrogens (tertiary/aromatic N) is 2. The SMILES string of the molecule is COc1c(F)cccc1CN1CCC2(CCC(=O)N(C)C2)CC1. The van der Waals surface area contributed by atoms with E-state index in [-0.39, 0.29) is 17.1 Å². The highest BCUT2D eigenvalue weighted by Gasteiger charge is 2.39. The number of hydrogen-bond donors (Lipinski definition) is 0. The Kier molecular flexibility index (Phi) is 4.57. The number of halogens is 1. The van der Waals surface area contributed by atoms with Crippen LogP contribution in [0.2, 0.25) is 0 Å². The number of piperidine rings is 2. The molecule has 0 radical (unpaired) electrons. The minimum atomic E-state index is -0.300. The van der Waals surface area contributed by atoms with Gasteiger partial charge >= 0.3 is 0 Å². The van der Waals surface area contributed by atoms with Crippen LogP contribution in [0.1, 0.15) is 31.2 Å². The van der Waals surface area contributed by atoms with E-state index in [0.29, 0.717) is 18.7 Å². The number of carbonyl (C=O) groups is 1. The number of carbonyl (C=O) groups excluding carboxylic acids is 1. The van der Waals surface area contributed by atoms with Gasteiger partial charge in [0.15, 0.2) is 11.6 Å². The van der Waals surface area contributed by atoms with Gasteiger partial charge in [-0.1, -0.05) is 12.1 Å². The van der Waals surface area contributed by atoms with Gasteiger partial charge in [0.2, 0.25) is 5.91 Å². The second kappa shape index (κ2) is 6.48. The first-order valence-corrected chi connectivity index (χ1v) is 8.31. The summed E-state index contributed by atoms with van der Waals surface area (Å²) in [6, 6.07) is 5.10. The van der Waals surface area contributed by atoms with Crippen LogP contribution in [-0.4, -0.2) is 49.5 Å². The van der Waals surface area contributed by atoms with E-state index < -0.39 is 0 Å². The first-order chi connectivity index (χ1) is 11.0. The Bertz CT molecular complexity index is 582. The Morgan fingerprint density at radius 3 is 2.65 bits per heavy atom. The second-order valence-corrected chi connectivity index (χ2v) is 6.96. The summed E-state index contributed by atoms with van der Waals surface area (Å²) in [6.07, 6.45) is 3.88. The molecule has 0 aliphatic carbocycles. The van der Waals surface area contributed by atoms with E-state index in [0.717, 1.165) is 44.5 Å². The molecule has 2 aliphatic rings. The van der Waals surface area contributed by atoms with Crippen LogP contribution < -0.4 is 4.74 Å². The minimum Gasteiger partial charge on any atom is -0.493 e. The Morgan fingerprint density at radius 2 is 2.00 bits per heavy atom. The summed E-state index contributed by atoms with van der Waals surface area (Å²) in [5.41, 5.74) is 1.19. The highest BCUT2D eigenvalue weighted by molar-refractivity contribution is 5.76. The average molecular weight is 320 g/mol. The molecule has 0 bridgehead atoms. The number of benzene rings is 1. The number of ether oxygens (including phenoxy) is 1. The zero-order valence-electron chi connectivity index (χ0n) is 14.0. The predicted molar refractivity (Wildman–Crippen MR) is 86.8 cm³/mol. The van der Waals surface area contributed by atoms with Crippen molar-refractivity contribution < 1.29 is 13.9 Å². The third-order valence-electron chi connectivity index (χ3n) is 5.43. The van der Waals surface area contributed by atoms with Crippen molar-refractivity contribution in [3.63, 3.8) is 0 Å². The van der Waals surface area contributed by atoms with Gasteiger partial charge in [0.25, 0.3) is 0 Å². The zero-order chi connectivity index (χ0) is 16.4. The second-order valence-electron chi connectivity index (χ2n) is 6.96. The number of para-hydroxylation sites is 1. The standard InChI is InChI=1S/C18H25FN2O2/c1-20-13-18(7-6-16(20)22)8-10-21(11-9-18)12-14-4-3-5-15(19)17(14)23-2/h3-5H,6-13H2,1-2H3. The monoisotopic (exact) mass is 320 g/mol. The molecule has 0 unspecified atom stereocenters. The third kappa shape index (κ3) is 3.34. The normalized spacial score (nSPS) is 21.7. The van der Waals surface area contributed by atoms with Crippen molar-refractivity contribution in [2.24, 2.45) is 5.41 Å². The molecule has 4 nitrogen and oxygen atoms in total. The lowest BCUT2D eigenvalue weighted by atomic mass is 9.72. The van der Waals surface area contributed by atoms with Crippen molar-refractivity contribution in [2.45, 2.75) is 32.2 Å². The Hall–Kier alpha value is -1.62. The van der Waals surface area contributed by atoms with Crippen LogP contribution in [-0.2, 0) is 11.3 Å². The van der Waals surface area contributed by atoms with E-state index in [2.05, 4.69) is 4.90 Å². The third-order valence-corrected chi connectivity index (χ3v) is 5.43. The summed E-state index contributed by atoms with van der Waals surface area (Å²) >= 11 is 0. The van der Waals surface area contributed by atoms with Gasteiger partial charge in [-0.15, -0.1) is 0 Å². The predicted octanol–water partition coefficient (Wildman–Crippen LogP) is 2.67. The van der Waals surface area contributed by atoms with Crippen LogP contribution in [0.15, 0.2) is 18.2 Å². The minimum absolute atomic E-state index is 0.266. The van der Waals surface area contributed by atoms with Crippen LogP contribution in [0.5, 0.6) is 5.75 Å². The van der Waals surface area contributed by atoms with E-state index in [1.165, 1.54) is 13.2 Å². The lowest BCUT2D eigenvalue weighted by Gasteiger charge is -2.46. The van der Waals surface area contributed by atoms with Gasteiger partial charge < -0.3 is 9.64 Å². The molecule has 0 aromatic heterocycles. The maximum atomic E-state index is 13.8. The van der Waals surface area contributed by atoms with Crippen LogP contribution in [0, 0.1) is 11.2 Å². The van der Waals surface area contributed by atoms with Crippen molar-refractivity contribution in [3.05, 3.63) is 29.6 Å². The van der Waals surface area contributed by atoms with Crippen molar-refractivity contribution in [3.8, 4) is 5.75 Å². The average Bonchev–Trinajstić information content (AvgIpc) is 2.54. The van der Waals surface area contributed by atoms with Gasteiger partial charge in [-0.05, 0) is 43.8 Å². The number of methoxy groups -OCH3 is 1. The summed E-state index contributed by atoms with van der Waals surface area (Å²) in [6.45, 7) is 3.57. The fraction of sp³-hybridized carbons (Fsp3) is 0.611. The molecule has 1 aromatic carbocycles. The van der Waals surface area contributed by atoms with E-state index >= 15 is 0 Å². The molecule has 1 aromatic rings. The summed E-state index contributed by atoms with van der Waals surface area (Å²) in [5.74, 6) is 0.323. The lowest BCUT2D eigenvalue weighted by molar-refractivity contribution is -0.137. The highest BCUT2D eigenvalue weighted by Crippen LogP contribution is 2.40. The van der Waals surface area contributed by atoms with Crippen LogP contribution in [0.4, 0.5) is 4.39 Å². The molecule has 2 fully saturated rings. The van der Waals surface area contributed by atoms with Crippen molar-refractivity contribution in [2.75, 3.05) is 33.8 Å². The van der Waals surface area contributed by atoms with E-state index in [4.69, 9.17) is 4.74 Å². The molecule has 2 saturated heterocycles. The molecule has 1 spiro atoms. The molecule has 3 rings (SSSR count). The molecule has 0 saturated carbocycles. The van der Waals surface area contributed by atoms with Gasteiger partial charge in [0.1, 0.15) is 0 Å². The van der Waals surface area contributed by atoms with Gasteiger partial charge in [0.05, 0.1) is 7.11 Å². The molecule has 1 amide bonds. The van der Waals surface area contributed by atoms with Gasteiger partial charge in [0, 0.05) is 32.1 Å². The fourth-order valence-corrected chi connectivity index (χ4v) is 3.97. The zero-order valence-corrected chi connectivity index (χ0v) is 14.0. The van der Waals surface area contributed by atoms with Crippen molar-refractivity contribution in [1.29, 1.82) is 0 Å². The Labute approximate surface area is 137 Å². The maximum absolute atomic E-state index is 13.8. The number of hydrogen-bond acceptors (Lipinski definition) is 3. The van der Waals surface area contributed by atoms with Crippen molar-refractivity contribution in [1.82, 2.24) is 9.80 Å². The molecule has 2 aliphatic heterocycles. The summed E-state index contributed by atoms with van der Waals surface area (Å²) in [5, 5.41) is 0. The number of amides is 1. The van der Waals surface area contributed by atoms with Crippen LogP contribution in [0.25, 0.3) is 0 Å². The molecular weight excluding hydrogens is 295 g/mol. The summed E-state index contributed by atoms with van der Waals surface area (Å²) in [7, 11) is 3.43. The van der Waals surface area contributed by atoms with Gasteiger partial charge in [-0.25, -0.2) is 4.39 Å². The molecular formula is C18H25FN2O2. The van der Waals surface area contributed by atoms with Crippen molar-refractivity contribution >= 4 is 5.91 Å². The molecule has 2 heterocycles. The van der Waals surface area contributed by atoms with Gasteiger partial charge in [-0.3, -0.25) is 9.69 Å². The smallest absolute Gasteiger partial charge is 0.222 e. The van der Waals surface area contributed by atoms with E-state index in [1.807, 2.05) is 18.0 Å². The first kappa shape index (κ1) is 16.2. The fourth-order valence-electron chi connectivity index (χ4n) is 3.97. The summed E-state index contributed by atoms with van der Waals surface area (Å²) in [4.78, 5) is 15.9. The van der Waals surface area contributed by atoms with Crippen LogP contribution >= 0.6 is 0 Å².